The first-order valence-corrected chi connectivity index (χ1v) is 8.32. The van der Waals surface area contributed by atoms with E-state index in [1.807, 2.05) is 31.2 Å². The molecule has 0 spiro atoms. The summed E-state index contributed by atoms with van der Waals surface area (Å²) in [6.07, 6.45) is 0.195. The Morgan fingerprint density at radius 2 is 1.83 bits per heavy atom. The summed E-state index contributed by atoms with van der Waals surface area (Å²) in [4.78, 5) is 26.3. The quantitative estimate of drug-likeness (QED) is 0.884. The molecule has 0 radical (unpaired) electrons. The molecule has 1 N–H and O–H groups in total. The first kappa shape index (κ1) is 16.8. The standard InChI is InChI=1S/C18H16Cl2N2O2/c1-11-2-5-14(6-3-11)22-10-12(8-17(22)23)18(24)21-13-4-7-15(19)16(20)9-13/h2-7,9,12H,8,10H2,1H3,(H,21,24)/t12-/m0/s1. The molecule has 2 aromatic carbocycles. The molecular formula is C18H16Cl2N2O2. The lowest BCUT2D eigenvalue weighted by atomic mass is 10.1. The Kier molecular flexibility index (Phi) is 4.78. The van der Waals surface area contributed by atoms with Gasteiger partial charge in [0.25, 0.3) is 0 Å². The van der Waals surface area contributed by atoms with E-state index >= 15 is 0 Å². The zero-order valence-electron chi connectivity index (χ0n) is 13.1. The van der Waals surface area contributed by atoms with Crippen LogP contribution in [0.2, 0.25) is 10.0 Å². The van der Waals surface area contributed by atoms with Crippen LogP contribution in [0.5, 0.6) is 0 Å². The van der Waals surface area contributed by atoms with Crippen molar-refractivity contribution in [3.8, 4) is 0 Å². The highest BCUT2D eigenvalue weighted by Crippen LogP contribution is 2.28. The minimum absolute atomic E-state index is 0.0480. The minimum atomic E-state index is -0.395. The van der Waals surface area contributed by atoms with Crippen LogP contribution >= 0.6 is 23.2 Å². The Balaban J connectivity index is 1.69. The van der Waals surface area contributed by atoms with Crippen molar-refractivity contribution in [2.45, 2.75) is 13.3 Å². The van der Waals surface area contributed by atoms with Crippen LogP contribution in [0.3, 0.4) is 0 Å². The molecule has 4 nitrogen and oxygen atoms in total. The van der Waals surface area contributed by atoms with E-state index in [4.69, 9.17) is 23.2 Å². The third kappa shape index (κ3) is 3.55. The summed E-state index contributed by atoms with van der Waals surface area (Å²) < 4.78 is 0. The predicted octanol–water partition coefficient (Wildman–Crippen LogP) is 4.29. The van der Waals surface area contributed by atoms with Gasteiger partial charge in [-0.15, -0.1) is 0 Å². The molecule has 3 rings (SSSR count). The van der Waals surface area contributed by atoms with Crippen molar-refractivity contribution in [1.82, 2.24) is 0 Å². The Hall–Kier alpha value is -2.04. The number of hydrogen-bond donors (Lipinski definition) is 1. The van der Waals surface area contributed by atoms with E-state index in [-0.39, 0.29) is 18.2 Å². The number of carbonyl (C=O) groups excluding carboxylic acids is 2. The highest BCUT2D eigenvalue weighted by Gasteiger charge is 2.35. The molecule has 0 saturated carbocycles. The van der Waals surface area contributed by atoms with Gasteiger partial charge in [0.2, 0.25) is 11.8 Å². The van der Waals surface area contributed by atoms with Crippen LogP contribution in [0, 0.1) is 12.8 Å². The van der Waals surface area contributed by atoms with Gasteiger partial charge in [0, 0.05) is 24.3 Å². The lowest BCUT2D eigenvalue weighted by Gasteiger charge is -2.17. The first-order valence-electron chi connectivity index (χ1n) is 7.57. The van der Waals surface area contributed by atoms with Crippen LogP contribution in [0.15, 0.2) is 42.5 Å². The lowest BCUT2D eigenvalue weighted by Crippen LogP contribution is -2.28. The largest absolute Gasteiger partial charge is 0.326 e. The van der Waals surface area contributed by atoms with Crippen LogP contribution in [0.1, 0.15) is 12.0 Å². The smallest absolute Gasteiger partial charge is 0.229 e. The maximum atomic E-state index is 12.4. The molecule has 1 fully saturated rings. The fourth-order valence-corrected chi connectivity index (χ4v) is 2.97. The molecule has 1 aliphatic rings. The molecule has 1 saturated heterocycles. The van der Waals surface area contributed by atoms with Gasteiger partial charge in [-0.05, 0) is 37.3 Å². The molecule has 1 heterocycles. The number of aryl methyl sites for hydroxylation is 1. The first-order chi connectivity index (χ1) is 11.4. The van der Waals surface area contributed by atoms with Crippen molar-refractivity contribution in [3.63, 3.8) is 0 Å². The number of benzene rings is 2. The second-order valence-corrected chi connectivity index (χ2v) is 6.67. The summed E-state index contributed by atoms with van der Waals surface area (Å²) in [5.74, 6) is -0.641. The molecule has 1 aliphatic heterocycles. The van der Waals surface area contributed by atoms with E-state index in [1.165, 1.54) is 0 Å². The van der Waals surface area contributed by atoms with Gasteiger partial charge in [0.05, 0.1) is 16.0 Å². The summed E-state index contributed by atoms with van der Waals surface area (Å²) in [7, 11) is 0. The normalized spacial score (nSPS) is 17.2. The summed E-state index contributed by atoms with van der Waals surface area (Å²) in [6.45, 7) is 2.36. The zero-order chi connectivity index (χ0) is 17.3. The lowest BCUT2D eigenvalue weighted by molar-refractivity contribution is -0.122. The Labute approximate surface area is 150 Å². The summed E-state index contributed by atoms with van der Waals surface area (Å²) in [5, 5.41) is 3.59. The SMILES string of the molecule is Cc1ccc(N2C[C@@H](C(=O)Nc3ccc(Cl)c(Cl)c3)CC2=O)cc1. The van der Waals surface area contributed by atoms with Crippen LogP contribution < -0.4 is 10.2 Å². The van der Waals surface area contributed by atoms with E-state index in [0.717, 1.165) is 11.3 Å². The van der Waals surface area contributed by atoms with Crippen molar-refractivity contribution in [1.29, 1.82) is 0 Å². The van der Waals surface area contributed by atoms with E-state index in [0.29, 0.717) is 22.3 Å². The maximum Gasteiger partial charge on any atom is 0.229 e. The molecule has 0 aliphatic carbocycles. The number of hydrogen-bond acceptors (Lipinski definition) is 2. The number of carbonyl (C=O) groups is 2. The third-order valence-corrected chi connectivity index (χ3v) is 4.77. The van der Waals surface area contributed by atoms with Gasteiger partial charge >= 0.3 is 0 Å². The third-order valence-electron chi connectivity index (χ3n) is 4.03. The molecule has 2 aromatic rings. The van der Waals surface area contributed by atoms with Gasteiger partial charge in [-0.2, -0.15) is 0 Å². The van der Waals surface area contributed by atoms with Crippen molar-refractivity contribution in [3.05, 3.63) is 58.1 Å². The van der Waals surface area contributed by atoms with Crippen LogP contribution in [-0.4, -0.2) is 18.4 Å². The van der Waals surface area contributed by atoms with E-state index in [9.17, 15) is 9.59 Å². The van der Waals surface area contributed by atoms with Gasteiger partial charge in [0.1, 0.15) is 0 Å². The fraction of sp³-hybridized carbons (Fsp3) is 0.222. The highest BCUT2D eigenvalue weighted by molar-refractivity contribution is 6.42. The number of nitrogens with one attached hydrogen (secondary N) is 1. The van der Waals surface area contributed by atoms with Gasteiger partial charge in [-0.25, -0.2) is 0 Å². The molecule has 0 bridgehead atoms. The van der Waals surface area contributed by atoms with Crippen molar-refractivity contribution >= 4 is 46.4 Å². The molecule has 6 heteroatoms. The van der Waals surface area contributed by atoms with Crippen molar-refractivity contribution in [2.75, 3.05) is 16.8 Å². The monoisotopic (exact) mass is 362 g/mol. The maximum absolute atomic E-state index is 12.4. The van der Waals surface area contributed by atoms with Crippen molar-refractivity contribution in [2.24, 2.45) is 5.92 Å². The molecular weight excluding hydrogens is 347 g/mol. The molecule has 2 amide bonds. The Bertz CT molecular complexity index is 790. The second kappa shape index (κ2) is 6.83. The van der Waals surface area contributed by atoms with Crippen molar-refractivity contribution < 1.29 is 9.59 Å². The number of halogens is 2. The topological polar surface area (TPSA) is 49.4 Å². The fourth-order valence-electron chi connectivity index (χ4n) is 2.68. The number of anilines is 2. The van der Waals surface area contributed by atoms with Gasteiger partial charge in [0.15, 0.2) is 0 Å². The van der Waals surface area contributed by atoms with Gasteiger partial charge < -0.3 is 10.2 Å². The molecule has 0 aromatic heterocycles. The number of rotatable bonds is 3. The van der Waals surface area contributed by atoms with E-state index in [2.05, 4.69) is 5.32 Å². The summed E-state index contributed by atoms with van der Waals surface area (Å²) in [6, 6.07) is 12.6. The van der Waals surface area contributed by atoms with Crippen LogP contribution in [0.25, 0.3) is 0 Å². The minimum Gasteiger partial charge on any atom is -0.326 e. The predicted molar refractivity (Wildman–Crippen MR) is 96.7 cm³/mol. The molecule has 0 unspecified atom stereocenters. The summed E-state index contributed by atoms with van der Waals surface area (Å²) >= 11 is 11.8. The number of nitrogens with zero attached hydrogens (tertiary/aromatic N) is 1. The van der Waals surface area contributed by atoms with Gasteiger partial charge in [-0.1, -0.05) is 40.9 Å². The number of amides is 2. The molecule has 1 atom stereocenters. The van der Waals surface area contributed by atoms with Crippen LogP contribution in [-0.2, 0) is 9.59 Å². The zero-order valence-corrected chi connectivity index (χ0v) is 14.6. The summed E-state index contributed by atoms with van der Waals surface area (Å²) in [5.41, 5.74) is 2.50. The average Bonchev–Trinajstić information content (AvgIpc) is 2.94. The highest BCUT2D eigenvalue weighted by atomic mass is 35.5. The molecule has 124 valence electrons. The Morgan fingerprint density at radius 1 is 1.12 bits per heavy atom. The van der Waals surface area contributed by atoms with Crippen LogP contribution in [0.4, 0.5) is 11.4 Å². The van der Waals surface area contributed by atoms with Gasteiger partial charge in [-0.3, -0.25) is 9.59 Å². The van der Waals surface area contributed by atoms with E-state index < -0.39 is 5.92 Å². The Morgan fingerprint density at radius 3 is 2.50 bits per heavy atom. The van der Waals surface area contributed by atoms with E-state index in [1.54, 1.807) is 23.1 Å². The molecule has 24 heavy (non-hydrogen) atoms. The average molecular weight is 363 g/mol. The second-order valence-electron chi connectivity index (χ2n) is 5.86.